The molecule has 0 radical (unpaired) electrons. The van der Waals surface area contributed by atoms with Gasteiger partial charge in [-0.05, 0) is 50.3 Å². The normalized spacial score (nSPS) is 22.1. The van der Waals surface area contributed by atoms with Crippen LogP contribution >= 0.6 is 24.0 Å². The second-order valence-corrected chi connectivity index (χ2v) is 7.46. The lowest BCUT2D eigenvalue weighted by atomic mass is 9.87. The molecule has 1 unspecified atom stereocenters. The van der Waals surface area contributed by atoms with E-state index in [9.17, 15) is 0 Å². The van der Waals surface area contributed by atoms with Crippen molar-refractivity contribution in [2.24, 2.45) is 10.4 Å². The maximum Gasteiger partial charge on any atom is 0.193 e. The Bertz CT molecular complexity index is 603. The van der Waals surface area contributed by atoms with Gasteiger partial charge in [0.2, 0.25) is 0 Å². The molecule has 3 rings (SSSR count). The summed E-state index contributed by atoms with van der Waals surface area (Å²) in [6.07, 6.45) is 4.37. The van der Waals surface area contributed by atoms with Crippen LogP contribution in [0.5, 0.6) is 5.75 Å². The van der Waals surface area contributed by atoms with Crippen LogP contribution in [0.15, 0.2) is 29.3 Å². The Morgan fingerprint density at radius 2 is 2.22 bits per heavy atom. The summed E-state index contributed by atoms with van der Waals surface area (Å²) in [7, 11) is 0. The molecule has 0 amide bonds. The van der Waals surface area contributed by atoms with Crippen LogP contribution in [-0.4, -0.2) is 56.9 Å². The Hall–Kier alpha value is -1.02. The Morgan fingerprint density at radius 3 is 2.96 bits per heavy atom. The van der Waals surface area contributed by atoms with E-state index in [-0.39, 0.29) is 24.0 Å². The first-order valence-corrected chi connectivity index (χ1v) is 10.1. The first-order valence-electron chi connectivity index (χ1n) is 10.1. The Morgan fingerprint density at radius 1 is 1.33 bits per heavy atom. The summed E-state index contributed by atoms with van der Waals surface area (Å²) in [6, 6.07) is 8.39. The molecule has 1 aromatic rings. The van der Waals surface area contributed by atoms with Crippen LogP contribution in [0.3, 0.4) is 0 Å². The summed E-state index contributed by atoms with van der Waals surface area (Å²) >= 11 is 0. The standard InChI is InChI=1S/C21H33N3O2.HI/c1-3-13-26-19-7-5-6-18(15-19)8-11-23-20(22-4-2)24-12-9-21(16-24)10-14-25-17-21;/h5-7,15H,3-4,8-14,16-17H2,1-2H3,(H,22,23);1H. The fourth-order valence-electron chi connectivity index (χ4n) is 3.81. The molecule has 1 atom stereocenters. The maximum absolute atomic E-state index is 5.73. The van der Waals surface area contributed by atoms with E-state index in [2.05, 4.69) is 42.3 Å². The van der Waals surface area contributed by atoms with Crippen molar-refractivity contribution in [2.45, 2.75) is 39.5 Å². The number of nitrogens with one attached hydrogen (secondary N) is 1. The predicted octanol–water partition coefficient (Wildman–Crippen LogP) is 3.71. The number of guanidine groups is 1. The number of likely N-dealkylation sites (tertiary alicyclic amines) is 1. The molecule has 27 heavy (non-hydrogen) atoms. The summed E-state index contributed by atoms with van der Waals surface area (Å²) in [4.78, 5) is 7.30. The summed E-state index contributed by atoms with van der Waals surface area (Å²) in [6.45, 7) is 10.7. The minimum atomic E-state index is 0. The molecule has 6 heteroatoms. The third kappa shape index (κ3) is 6.24. The molecule has 0 bridgehead atoms. The van der Waals surface area contributed by atoms with Crippen molar-refractivity contribution in [3.05, 3.63) is 29.8 Å². The molecule has 152 valence electrons. The minimum Gasteiger partial charge on any atom is -0.494 e. The highest BCUT2D eigenvalue weighted by molar-refractivity contribution is 14.0. The van der Waals surface area contributed by atoms with E-state index in [1.165, 1.54) is 18.4 Å². The topological polar surface area (TPSA) is 46.1 Å². The van der Waals surface area contributed by atoms with Gasteiger partial charge in [0.15, 0.2) is 5.96 Å². The fraction of sp³-hybridized carbons (Fsp3) is 0.667. The van der Waals surface area contributed by atoms with E-state index in [0.717, 1.165) is 70.6 Å². The molecular formula is C21H34IN3O2. The van der Waals surface area contributed by atoms with Gasteiger partial charge in [0.05, 0.1) is 13.2 Å². The van der Waals surface area contributed by atoms with Gasteiger partial charge in [-0.1, -0.05) is 19.1 Å². The number of nitrogens with zero attached hydrogens (tertiary/aromatic N) is 2. The molecule has 1 aromatic carbocycles. The third-order valence-corrected chi connectivity index (χ3v) is 5.29. The van der Waals surface area contributed by atoms with Crippen LogP contribution in [0.4, 0.5) is 0 Å². The van der Waals surface area contributed by atoms with Crippen LogP contribution in [0.1, 0.15) is 38.7 Å². The Labute approximate surface area is 180 Å². The van der Waals surface area contributed by atoms with Crippen molar-refractivity contribution < 1.29 is 9.47 Å². The van der Waals surface area contributed by atoms with Crippen LogP contribution < -0.4 is 10.1 Å². The van der Waals surface area contributed by atoms with Crippen molar-refractivity contribution in [3.63, 3.8) is 0 Å². The summed E-state index contributed by atoms with van der Waals surface area (Å²) < 4.78 is 11.4. The second kappa shape index (κ2) is 11.1. The van der Waals surface area contributed by atoms with Crippen LogP contribution in [0.2, 0.25) is 0 Å². The van der Waals surface area contributed by atoms with Gasteiger partial charge in [-0.15, -0.1) is 24.0 Å². The Kier molecular flexibility index (Phi) is 9.15. The smallest absolute Gasteiger partial charge is 0.193 e. The van der Waals surface area contributed by atoms with Gasteiger partial charge >= 0.3 is 0 Å². The molecule has 2 saturated heterocycles. The van der Waals surface area contributed by atoms with Gasteiger partial charge in [-0.2, -0.15) is 0 Å². The first kappa shape index (κ1) is 22.3. The monoisotopic (exact) mass is 487 g/mol. The van der Waals surface area contributed by atoms with Crippen molar-refractivity contribution in [1.82, 2.24) is 10.2 Å². The highest BCUT2D eigenvalue weighted by atomic mass is 127. The largest absolute Gasteiger partial charge is 0.494 e. The first-order chi connectivity index (χ1) is 12.7. The number of halogens is 1. The molecule has 2 fully saturated rings. The molecule has 2 heterocycles. The number of benzene rings is 1. The molecule has 1 spiro atoms. The summed E-state index contributed by atoms with van der Waals surface area (Å²) in [5.74, 6) is 2.01. The van der Waals surface area contributed by atoms with Crippen molar-refractivity contribution in [3.8, 4) is 5.75 Å². The molecule has 1 N–H and O–H groups in total. The van der Waals surface area contributed by atoms with Crippen molar-refractivity contribution in [1.29, 1.82) is 0 Å². The van der Waals surface area contributed by atoms with Crippen molar-refractivity contribution in [2.75, 3.05) is 46.0 Å². The zero-order chi connectivity index (χ0) is 18.2. The van der Waals surface area contributed by atoms with Gasteiger partial charge in [0.25, 0.3) is 0 Å². The highest BCUT2D eigenvalue weighted by Gasteiger charge is 2.42. The van der Waals surface area contributed by atoms with Gasteiger partial charge < -0.3 is 19.7 Å². The molecular weight excluding hydrogens is 453 g/mol. The van der Waals surface area contributed by atoms with Crippen molar-refractivity contribution >= 4 is 29.9 Å². The van der Waals surface area contributed by atoms with Crippen LogP contribution in [0.25, 0.3) is 0 Å². The summed E-state index contributed by atoms with van der Waals surface area (Å²) in [5.41, 5.74) is 1.64. The lowest BCUT2D eigenvalue weighted by Gasteiger charge is -2.25. The lowest BCUT2D eigenvalue weighted by molar-refractivity contribution is 0.156. The molecule has 5 nitrogen and oxygen atoms in total. The van der Waals surface area contributed by atoms with Crippen LogP contribution in [-0.2, 0) is 11.2 Å². The van der Waals surface area contributed by atoms with E-state index in [1.807, 2.05) is 6.07 Å². The third-order valence-electron chi connectivity index (χ3n) is 5.29. The highest BCUT2D eigenvalue weighted by Crippen LogP contribution is 2.38. The Balaban J connectivity index is 0.00000261. The predicted molar refractivity (Wildman–Crippen MR) is 121 cm³/mol. The van der Waals surface area contributed by atoms with Crippen LogP contribution in [0, 0.1) is 5.41 Å². The second-order valence-electron chi connectivity index (χ2n) is 7.46. The zero-order valence-electron chi connectivity index (χ0n) is 16.7. The molecule has 0 saturated carbocycles. The fourth-order valence-corrected chi connectivity index (χ4v) is 3.81. The van der Waals surface area contributed by atoms with E-state index in [4.69, 9.17) is 14.5 Å². The van der Waals surface area contributed by atoms with E-state index in [1.54, 1.807) is 0 Å². The van der Waals surface area contributed by atoms with E-state index >= 15 is 0 Å². The van der Waals surface area contributed by atoms with Gasteiger partial charge in [-0.25, -0.2) is 0 Å². The minimum absolute atomic E-state index is 0. The number of ether oxygens (including phenoxy) is 2. The number of rotatable bonds is 7. The quantitative estimate of drug-likeness (QED) is 0.362. The molecule has 0 aliphatic carbocycles. The van der Waals surface area contributed by atoms with E-state index < -0.39 is 0 Å². The average Bonchev–Trinajstić information content (AvgIpc) is 3.30. The number of hydrogen-bond donors (Lipinski definition) is 1. The number of hydrogen-bond acceptors (Lipinski definition) is 3. The van der Waals surface area contributed by atoms with Gasteiger partial charge in [0.1, 0.15) is 5.75 Å². The van der Waals surface area contributed by atoms with E-state index in [0.29, 0.717) is 5.41 Å². The molecule has 2 aliphatic rings. The molecule has 0 aromatic heterocycles. The number of aliphatic imine (C=N–C) groups is 1. The summed E-state index contributed by atoms with van der Waals surface area (Å²) in [5, 5.41) is 3.47. The molecule has 2 aliphatic heterocycles. The lowest BCUT2D eigenvalue weighted by Crippen LogP contribution is -2.41. The SMILES string of the molecule is CCCOc1cccc(CCN=C(NCC)N2CCC3(CCOC3)C2)c1.I. The van der Waals surface area contributed by atoms with Gasteiger partial charge in [-0.3, -0.25) is 4.99 Å². The average molecular weight is 487 g/mol. The zero-order valence-corrected chi connectivity index (χ0v) is 19.0. The van der Waals surface area contributed by atoms with Gasteiger partial charge in [0, 0.05) is 38.2 Å². The maximum atomic E-state index is 5.73.